The van der Waals surface area contributed by atoms with Crippen molar-refractivity contribution in [3.05, 3.63) is 64.2 Å². The first kappa shape index (κ1) is 15.9. The van der Waals surface area contributed by atoms with Gasteiger partial charge >= 0.3 is 12.1 Å². The van der Waals surface area contributed by atoms with Gasteiger partial charge in [0, 0.05) is 5.69 Å². The molecule has 6 heteroatoms. The van der Waals surface area contributed by atoms with E-state index in [0.717, 1.165) is 5.56 Å². The predicted octanol–water partition coefficient (Wildman–Crippen LogP) is 4.10. The maximum atomic E-state index is 11.8. The number of anilines is 1. The summed E-state index contributed by atoms with van der Waals surface area (Å²) in [4.78, 5) is 23.0. The van der Waals surface area contributed by atoms with Crippen LogP contribution in [0.25, 0.3) is 0 Å². The Morgan fingerprint density at radius 3 is 2.50 bits per heavy atom. The van der Waals surface area contributed by atoms with Crippen LogP contribution < -0.4 is 5.32 Å². The van der Waals surface area contributed by atoms with Gasteiger partial charge in [0.05, 0.1) is 10.6 Å². The van der Waals surface area contributed by atoms with E-state index in [-0.39, 0.29) is 17.2 Å². The van der Waals surface area contributed by atoms with E-state index in [9.17, 15) is 9.59 Å². The van der Waals surface area contributed by atoms with Gasteiger partial charge in [-0.25, -0.2) is 9.59 Å². The summed E-state index contributed by atoms with van der Waals surface area (Å²) in [5.74, 6) is -1.15. The number of carbonyl (C=O) groups is 2. The van der Waals surface area contributed by atoms with Gasteiger partial charge in [0.2, 0.25) is 0 Å². The van der Waals surface area contributed by atoms with E-state index in [1.165, 1.54) is 12.1 Å². The fraction of sp³-hybridized carbons (Fsp3) is 0.125. The zero-order valence-electron chi connectivity index (χ0n) is 11.8. The number of carbonyl (C=O) groups excluding carboxylic acids is 1. The van der Waals surface area contributed by atoms with Crippen LogP contribution in [0.5, 0.6) is 0 Å². The third-order valence-corrected chi connectivity index (χ3v) is 3.39. The molecule has 0 unspecified atom stereocenters. The maximum absolute atomic E-state index is 11.8. The Kier molecular flexibility index (Phi) is 5.01. The molecular formula is C16H14ClNO4. The average Bonchev–Trinajstić information content (AvgIpc) is 2.49. The molecule has 1 amide bonds. The Hall–Kier alpha value is -2.53. The molecule has 0 saturated heterocycles. The van der Waals surface area contributed by atoms with Gasteiger partial charge in [-0.1, -0.05) is 41.9 Å². The summed E-state index contributed by atoms with van der Waals surface area (Å²) >= 11 is 5.85. The Bertz CT molecular complexity index is 701. The van der Waals surface area contributed by atoms with E-state index in [1.807, 2.05) is 30.3 Å². The molecule has 5 nitrogen and oxygen atoms in total. The molecule has 0 bridgehead atoms. The third kappa shape index (κ3) is 3.77. The zero-order chi connectivity index (χ0) is 16.1. The Morgan fingerprint density at radius 2 is 1.86 bits per heavy atom. The molecule has 0 aliphatic carbocycles. The van der Waals surface area contributed by atoms with Crippen molar-refractivity contribution in [2.45, 2.75) is 13.5 Å². The normalized spacial score (nSPS) is 10.1. The van der Waals surface area contributed by atoms with Crippen LogP contribution in [0.15, 0.2) is 42.5 Å². The molecule has 0 radical (unpaired) electrons. The summed E-state index contributed by atoms with van der Waals surface area (Å²) in [5.41, 5.74) is 1.54. The standard InChI is InChI=1S/C16H14ClNO4/c1-10-13(8-7-12(17)14(10)15(19)20)18-16(21)22-9-11-5-3-2-4-6-11/h2-8H,9H2,1H3,(H,18,21)(H,19,20). The number of rotatable bonds is 4. The van der Waals surface area contributed by atoms with E-state index >= 15 is 0 Å². The molecule has 22 heavy (non-hydrogen) atoms. The van der Waals surface area contributed by atoms with E-state index in [0.29, 0.717) is 11.3 Å². The van der Waals surface area contributed by atoms with Gasteiger partial charge in [-0.15, -0.1) is 0 Å². The van der Waals surface area contributed by atoms with E-state index < -0.39 is 12.1 Å². The molecule has 2 aromatic carbocycles. The first-order valence-electron chi connectivity index (χ1n) is 6.49. The second-order valence-corrected chi connectivity index (χ2v) is 4.99. The highest BCUT2D eigenvalue weighted by Gasteiger charge is 2.16. The molecule has 114 valence electrons. The molecule has 0 aliphatic heterocycles. The van der Waals surface area contributed by atoms with Crippen LogP contribution in [0.2, 0.25) is 5.02 Å². The fourth-order valence-corrected chi connectivity index (χ4v) is 2.23. The minimum atomic E-state index is -1.15. The van der Waals surface area contributed by atoms with Gasteiger partial charge in [-0.3, -0.25) is 5.32 Å². The molecule has 0 saturated carbocycles. The Morgan fingerprint density at radius 1 is 1.18 bits per heavy atom. The van der Waals surface area contributed by atoms with Gasteiger partial charge in [-0.2, -0.15) is 0 Å². The molecule has 2 N–H and O–H groups in total. The number of hydrogen-bond donors (Lipinski definition) is 2. The molecule has 2 rings (SSSR count). The summed E-state index contributed by atoms with van der Waals surface area (Å²) in [7, 11) is 0. The molecule has 0 fully saturated rings. The average molecular weight is 320 g/mol. The van der Waals surface area contributed by atoms with Crippen LogP contribution in [0.1, 0.15) is 21.5 Å². The smallest absolute Gasteiger partial charge is 0.411 e. The third-order valence-electron chi connectivity index (χ3n) is 3.08. The second kappa shape index (κ2) is 6.95. The quantitative estimate of drug-likeness (QED) is 0.889. The predicted molar refractivity (Wildman–Crippen MR) is 83.4 cm³/mol. The first-order chi connectivity index (χ1) is 10.5. The van der Waals surface area contributed by atoms with Gasteiger partial charge in [0.15, 0.2) is 0 Å². The van der Waals surface area contributed by atoms with E-state index in [4.69, 9.17) is 21.4 Å². The number of amides is 1. The minimum absolute atomic E-state index is 0.0393. The Balaban J connectivity index is 2.06. The van der Waals surface area contributed by atoms with Crippen molar-refractivity contribution in [3.63, 3.8) is 0 Å². The van der Waals surface area contributed by atoms with E-state index in [2.05, 4.69) is 5.32 Å². The topological polar surface area (TPSA) is 75.6 Å². The van der Waals surface area contributed by atoms with Crippen molar-refractivity contribution < 1.29 is 19.4 Å². The summed E-state index contributed by atoms with van der Waals surface area (Å²) in [6.45, 7) is 1.70. The van der Waals surface area contributed by atoms with Crippen molar-refractivity contribution in [2.24, 2.45) is 0 Å². The van der Waals surface area contributed by atoms with Gasteiger partial charge in [0.1, 0.15) is 6.61 Å². The summed E-state index contributed by atoms with van der Waals surface area (Å²) < 4.78 is 5.09. The fourth-order valence-electron chi connectivity index (χ4n) is 1.95. The lowest BCUT2D eigenvalue weighted by Crippen LogP contribution is -2.15. The molecule has 2 aromatic rings. The monoisotopic (exact) mass is 319 g/mol. The largest absolute Gasteiger partial charge is 0.478 e. The lowest BCUT2D eigenvalue weighted by molar-refractivity contribution is 0.0696. The van der Waals surface area contributed by atoms with Crippen molar-refractivity contribution in [1.82, 2.24) is 0 Å². The number of benzene rings is 2. The van der Waals surface area contributed by atoms with E-state index in [1.54, 1.807) is 6.92 Å². The van der Waals surface area contributed by atoms with Crippen LogP contribution >= 0.6 is 11.6 Å². The lowest BCUT2D eigenvalue weighted by atomic mass is 10.1. The number of carboxylic acids is 1. The van der Waals surface area contributed by atoms with Crippen LogP contribution in [0, 0.1) is 6.92 Å². The minimum Gasteiger partial charge on any atom is -0.478 e. The SMILES string of the molecule is Cc1c(NC(=O)OCc2ccccc2)ccc(Cl)c1C(=O)O. The van der Waals surface area contributed by atoms with Gasteiger partial charge in [-0.05, 0) is 30.2 Å². The van der Waals surface area contributed by atoms with Crippen LogP contribution in [0.3, 0.4) is 0 Å². The molecule has 0 heterocycles. The maximum Gasteiger partial charge on any atom is 0.411 e. The Labute approximate surface area is 132 Å². The van der Waals surface area contributed by atoms with Crippen molar-refractivity contribution in [3.8, 4) is 0 Å². The van der Waals surface area contributed by atoms with Crippen molar-refractivity contribution >= 4 is 29.4 Å². The van der Waals surface area contributed by atoms with Crippen molar-refractivity contribution in [2.75, 3.05) is 5.32 Å². The number of nitrogens with one attached hydrogen (secondary N) is 1. The van der Waals surface area contributed by atoms with Crippen LogP contribution in [-0.4, -0.2) is 17.2 Å². The summed E-state index contributed by atoms with van der Waals surface area (Å²) in [5, 5.41) is 11.8. The van der Waals surface area contributed by atoms with Gasteiger partial charge < -0.3 is 9.84 Å². The number of ether oxygens (including phenoxy) is 1. The number of carboxylic acid groups (broad SMARTS) is 1. The summed E-state index contributed by atoms with van der Waals surface area (Å²) in [6.07, 6.45) is -0.661. The number of hydrogen-bond acceptors (Lipinski definition) is 3. The first-order valence-corrected chi connectivity index (χ1v) is 6.87. The summed E-state index contributed by atoms with van der Waals surface area (Å²) in [6, 6.07) is 12.2. The zero-order valence-corrected chi connectivity index (χ0v) is 12.6. The second-order valence-electron chi connectivity index (χ2n) is 4.59. The number of halogens is 1. The van der Waals surface area contributed by atoms with Crippen molar-refractivity contribution in [1.29, 1.82) is 0 Å². The highest BCUT2D eigenvalue weighted by atomic mass is 35.5. The lowest BCUT2D eigenvalue weighted by Gasteiger charge is -2.12. The molecule has 0 spiro atoms. The molecule has 0 aromatic heterocycles. The highest BCUT2D eigenvalue weighted by Crippen LogP contribution is 2.26. The molecule has 0 aliphatic rings. The van der Waals surface area contributed by atoms with Crippen LogP contribution in [0.4, 0.5) is 10.5 Å². The van der Waals surface area contributed by atoms with Gasteiger partial charge in [0.25, 0.3) is 0 Å². The molecular weight excluding hydrogens is 306 g/mol. The van der Waals surface area contributed by atoms with Crippen LogP contribution in [-0.2, 0) is 11.3 Å². The number of aromatic carboxylic acids is 1. The molecule has 0 atom stereocenters. The highest BCUT2D eigenvalue weighted by molar-refractivity contribution is 6.33.